The average Bonchev–Trinajstić information content (AvgIpc) is 2.58. The fourth-order valence-electron chi connectivity index (χ4n) is 2.16. The number of aromatic hydroxyl groups is 1. The van der Waals surface area contributed by atoms with Crippen LogP contribution in [0, 0.1) is 0 Å². The summed E-state index contributed by atoms with van der Waals surface area (Å²) in [4.78, 5) is 30.2. The van der Waals surface area contributed by atoms with E-state index in [-0.39, 0.29) is 18.0 Å². The number of hydrogen-bond acceptors (Lipinski definition) is 5. The van der Waals surface area contributed by atoms with Gasteiger partial charge in [0.25, 0.3) is 5.56 Å². The lowest BCUT2D eigenvalue weighted by Crippen LogP contribution is -2.32. The smallest absolute Gasteiger partial charge is 0.331 e. The normalized spacial score (nSPS) is 11.2. The number of hydrogen-bond donors (Lipinski definition) is 2. The van der Waals surface area contributed by atoms with Gasteiger partial charge in [-0.15, -0.1) is 0 Å². The van der Waals surface area contributed by atoms with Crippen molar-refractivity contribution in [2.24, 2.45) is 4.99 Å². The molecule has 2 aromatic rings. The predicted octanol–water partition coefficient (Wildman–Crippen LogP) is 1.14. The summed E-state index contributed by atoms with van der Waals surface area (Å²) in [6, 6.07) is 9.20. The van der Waals surface area contributed by atoms with Gasteiger partial charge >= 0.3 is 5.69 Å². The summed E-state index contributed by atoms with van der Waals surface area (Å²) in [6.45, 7) is 3.78. The zero-order valence-electron chi connectivity index (χ0n) is 13.6. The highest BCUT2D eigenvalue weighted by atomic mass is 16.5. The maximum atomic E-state index is 12.0. The van der Waals surface area contributed by atoms with Crippen LogP contribution < -0.4 is 11.2 Å². The molecule has 0 spiro atoms. The van der Waals surface area contributed by atoms with Gasteiger partial charge in [0.15, 0.2) is 0 Å². The molecule has 0 amide bonds. The third kappa shape index (κ3) is 4.66. The second kappa shape index (κ2) is 8.83. The van der Waals surface area contributed by atoms with Crippen LogP contribution in [-0.4, -0.2) is 40.6 Å². The molecule has 0 fully saturated rings. The van der Waals surface area contributed by atoms with Crippen LogP contribution >= 0.6 is 0 Å². The first-order valence-corrected chi connectivity index (χ1v) is 7.81. The van der Waals surface area contributed by atoms with Gasteiger partial charge in [0, 0.05) is 26.0 Å². The zero-order chi connectivity index (χ0) is 17.4. The summed E-state index contributed by atoms with van der Waals surface area (Å²) in [6.07, 6.45) is 2.01. The van der Waals surface area contributed by atoms with Gasteiger partial charge in [-0.25, -0.2) is 4.79 Å². The molecule has 1 aromatic carbocycles. The first-order valence-electron chi connectivity index (χ1n) is 7.81. The van der Waals surface area contributed by atoms with Crippen molar-refractivity contribution >= 4 is 6.21 Å². The standard InChI is InChI=1S/C17H21N3O4/c1-2-24-10-6-9-18-11-14-15(21)19-17(23)20(16(14)22)12-13-7-4-3-5-8-13/h3-5,7-8,11,22H,2,6,9-10,12H2,1H3,(H,19,21,23). The molecular weight excluding hydrogens is 310 g/mol. The van der Waals surface area contributed by atoms with Gasteiger partial charge in [-0.2, -0.15) is 0 Å². The molecule has 0 aliphatic rings. The van der Waals surface area contributed by atoms with E-state index < -0.39 is 11.2 Å². The highest BCUT2D eigenvalue weighted by Crippen LogP contribution is 2.10. The summed E-state index contributed by atoms with van der Waals surface area (Å²) in [5.74, 6) is -0.388. The largest absolute Gasteiger partial charge is 0.494 e. The van der Waals surface area contributed by atoms with Gasteiger partial charge in [0.1, 0.15) is 5.56 Å². The van der Waals surface area contributed by atoms with Crippen molar-refractivity contribution in [3.63, 3.8) is 0 Å². The molecule has 128 valence electrons. The van der Waals surface area contributed by atoms with Crippen LogP contribution in [0.25, 0.3) is 0 Å². The molecule has 0 bridgehead atoms. The molecule has 7 nitrogen and oxygen atoms in total. The van der Waals surface area contributed by atoms with Gasteiger partial charge in [0.05, 0.1) is 6.54 Å². The number of nitrogens with one attached hydrogen (secondary N) is 1. The van der Waals surface area contributed by atoms with E-state index in [1.807, 2.05) is 37.3 Å². The molecule has 0 aliphatic carbocycles. The number of aromatic nitrogens is 2. The molecule has 2 rings (SSSR count). The van der Waals surface area contributed by atoms with Crippen LogP contribution in [-0.2, 0) is 11.3 Å². The monoisotopic (exact) mass is 331 g/mol. The van der Waals surface area contributed by atoms with Gasteiger partial charge < -0.3 is 9.84 Å². The molecule has 0 saturated heterocycles. The van der Waals surface area contributed by atoms with E-state index in [2.05, 4.69) is 9.98 Å². The average molecular weight is 331 g/mol. The van der Waals surface area contributed by atoms with Gasteiger partial charge in [-0.3, -0.25) is 19.3 Å². The summed E-state index contributed by atoms with van der Waals surface area (Å²) < 4.78 is 6.31. The molecule has 1 heterocycles. The summed E-state index contributed by atoms with van der Waals surface area (Å²) in [7, 11) is 0. The molecule has 7 heteroatoms. The lowest BCUT2D eigenvalue weighted by Gasteiger charge is -2.09. The maximum absolute atomic E-state index is 12.0. The first-order chi connectivity index (χ1) is 11.6. The fraction of sp³-hybridized carbons (Fsp3) is 0.353. The molecule has 0 saturated carbocycles. The van der Waals surface area contributed by atoms with Crippen LogP contribution in [0.15, 0.2) is 44.9 Å². The minimum atomic E-state index is -0.658. The quantitative estimate of drug-likeness (QED) is 0.560. The van der Waals surface area contributed by atoms with Crippen molar-refractivity contribution in [2.45, 2.75) is 19.9 Å². The second-order valence-corrected chi connectivity index (χ2v) is 5.15. The lowest BCUT2D eigenvalue weighted by molar-refractivity contribution is 0.146. The van der Waals surface area contributed by atoms with Crippen LogP contribution in [0.1, 0.15) is 24.5 Å². The molecule has 0 unspecified atom stereocenters. The first kappa shape index (κ1) is 17.7. The fourth-order valence-corrected chi connectivity index (χ4v) is 2.16. The number of aliphatic imine (C=N–C) groups is 1. The van der Waals surface area contributed by atoms with Gasteiger partial charge in [0.2, 0.25) is 5.88 Å². The van der Waals surface area contributed by atoms with Crippen molar-refractivity contribution in [2.75, 3.05) is 19.8 Å². The Balaban J connectivity index is 2.20. The van der Waals surface area contributed by atoms with Crippen LogP contribution in [0.5, 0.6) is 5.88 Å². The summed E-state index contributed by atoms with van der Waals surface area (Å²) in [5, 5.41) is 10.3. The Bertz CT molecular complexity index is 794. The van der Waals surface area contributed by atoms with E-state index in [9.17, 15) is 14.7 Å². The SMILES string of the molecule is CCOCCCN=Cc1c(O)n(Cc2ccccc2)c(=O)[nH]c1=O. The Morgan fingerprint density at radius 1 is 1.29 bits per heavy atom. The lowest BCUT2D eigenvalue weighted by atomic mass is 10.2. The van der Waals surface area contributed by atoms with Crippen molar-refractivity contribution in [3.8, 4) is 5.88 Å². The van der Waals surface area contributed by atoms with E-state index in [0.29, 0.717) is 26.2 Å². The highest BCUT2D eigenvalue weighted by molar-refractivity contribution is 5.81. The van der Waals surface area contributed by atoms with E-state index in [1.165, 1.54) is 6.21 Å². The molecule has 1 aromatic heterocycles. The van der Waals surface area contributed by atoms with E-state index in [4.69, 9.17) is 4.74 Å². The Morgan fingerprint density at radius 2 is 2.04 bits per heavy atom. The van der Waals surface area contributed by atoms with Crippen molar-refractivity contribution in [1.82, 2.24) is 9.55 Å². The highest BCUT2D eigenvalue weighted by Gasteiger charge is 2.12. The second-order valence-electron chi connectivity index (χ2n) is 5.15. The molecule has 0 atom stereocenters. The third-order valence-corrected chi connectivity index (χ3v) is 3.39. The number of H-pyrrole nitrogens is 1. The van der Waals surface area contributed by atoms with Crippen molar-refractivity contribution in [1.29, 1.82) is 0 Å². The third-order valence-electron chi connectivity index (χ3n) is 3.39. The Kier molecular flexibility index (Phi) is 6.51. The summed E-state index contributed by atoms with van der Waals surface area (Å²) in [5.41, 5.74) is -0.506. The van der Waals surface area contributed by atoms with Crippen molar-refractivity contribution in [3.05, 3.63) is 62.3 Å². The van der Waals surface area contributed by atoms with E-state index >= 15 is 0 Å². The van der Waals surface area contributed by atoms with E-state index in [0.717, 1.165) is 10.1 Å². The molecule has 0 radical (unpaired) electrons. The van der Waals surface area contributed by atoms with Gasteiger partial charge in [-0.05, 0) is 18.9 Å². The summed E-state index contributed by atoms with van der Waals surface area (Å²) >= 11 is 0. The van der Waals surface area contributed by atoms with E-state index in [1.54, 1.807) is 0 Å². The molecule has 24 heavy (non-hydrogen) atoms. The zero-order valence-corrected chi connectivity index (χ0v) is 13.6. The molecule has 2 N–H and O–H groups in total. The Morgan fingerprint density at radius 3 is 2.75 bits per heavy atom. The van der Waals surface area contributed by atoms with Crippen LogP contribution in [0.4, 0.5) is 0 Å². The number of ether oxygens (including phenoxy) is 1. The Labute approximate surface area is 139 Å². The molecular formula is C17H21N3O4. The van der Waals surface area contributed by atoms with Gasteiger partial charge in [-0.1, -0.05) is 30.3 Å². The molecule has 0 aliphatic heterocycles. The maximum Gasteiger partial charge on any atom is 0.331 e. The minimum absolute atomic E-state index is 0.0260. The topological polar surface area (TPSA) is 96.7 Å². The number of nitrogens with zero attached hydrogens (tertiary/aromatic N) is 2. The van der Waals surface area contributed by atoms with Crippen LogP contribution in [0.2, 0.25) is 0 Å². The number of benzene rings is 1. The number of aromatic amines is 1. The van der Waals surface area contributed by atoms with Crippen LogP contribution in [0.3, 0.4) is 0 Å². The number of rotatable bonds is 8. The minimum Gasteiger partial charge on any atom is -0.494 e. The van der Waals surface area contributed by atoms with Crippen molar-refractivity contribution < 1.29 is 9.84 Å². The predicted molar refractivity (Wildman–Crippen MR) is 92.1 cm³/mol. The Hall–Kier alpha value is -2.67.